The van der Waals surface area contributed by atoms with Gasteiger partial charge in [0.05, 0.1) is 5.41 Å². The van der Waals surface area contributed by atoms with Crippen LogP contribution in [0.5, 0.6) is 0 Å². The number of carbonyl (C=O) groups excluding carboxylic acids is 2. The Kier molecular flexibility index (Phi) is 2.39. The van der Waals surface area contributed by atoms with Crippen molar-refractivity contribution >= 4 is 23.2 Å². The first-order valence-electron chi connectivity index (χ1n) is 4.88. The molecule has 0 aromatic heterocycles. The fourth-order valence-corrected chi connectivity index (χ4v) is 1.96. The summed E-state index contributed by atoms with van der Waals surface area (Å²) in [6, 6.07) is 6.77. The molecule has 1 saturated carbocycles. The Balaban J connectivity index is 2.33. The predicted molar refractivity (Wildman–Crippen MR) is 58.1 cm³/mol. The molecule has 0 spiro atoms. The number of Topliss-reactive ketones (excluding diaryl/α,β-unsaturated/α-hetero) is 2. The molecule has 0 bridgehead atoms. The highest BCUT2D eigenvalue weighted by atomic mass is 35.5. The molecule has 0 saturated heterocycles. The first-order valence-corrected chi connectivity index (χ1v) is 5.25. The van der Waals surface area contributed by atoms with E-state index in [2.05, 4.69) is 0 Å². The van der Waals surface area contributed by atoms with Gasteiger partial charge in [0.1, 0.15) is 5.78 Å². The minimum atomic E-state index is -0.731. The van der Waals surface area contributed by atoms with Crippen molar-refractivity contribution in [1.82, 2.24) is 0 Å². The highest BCUT2D eigenvalue weighted by Crippen LogP contribution is 2.49. The zero-order chi connectivity index (χ0) is 11.1. The van der Waals surface area contributed by atoms with Crippen molar-refractivity contribution in [2.45, 2.75) is 19.8 Å². The molecule has 0 unspecified atom stereocenters. The SMILES string of the molecule is CC(=O)C1(C(=O)c2cccc(Cl)c2)CC1. The van der Waals surface area contributed by atoms with Crippen LogP contribution in [0.4, 0.5) is 0 Å². The minimum Gasteiger partial charge on any atom is -0.299 e. The molecule has 0 radical (unpaired) electrons. The van der Waals surface area contributed by atoms with Gasteiger partial charge in [-0.1, -0.05) is 23.7 Å². The molecule has 0 heterocycles. The Morgan fingerprint density at radius 1 is 1.33 bits per heavy atom. The average molecular weight is 223 g/mol. The molecule has 2 nitrogen and oxygen atoms in total. The Bertz CT molecular complexity index is 433. The van der Waals surface area contributed by atoms with E-state index in [9.17, 15) is 9.59 Å². The van der Waals surface area contributed by atoms with Gasteiger partial charge in [-0.15, -0.1) is 0 Å². The van der Waals surface area contributed by atoms with Crippen LogP contribution in [0.2, 0.25) is 5.02 Å². The van der Waals surface area contributed by atoms with Crippen molar-refractivity contribution in [2.75, 3.05) is 0 Å². The van der Waals surface area contributed by atoms with Crippen LogP contribution in [0.15, 0.2) is 24.3 Å². The summed E-state index contributed by atoms with van der Waals surface area (Å²) in [7, 11) is 0. The lowest BCUT2D eigenvalue weighted by Gasteiger charge is -2.09. The summed E-state index contributed by atoms with van der Waals surface area (Å²) in [4.78, 5) is 23.4. The maximum atomic E-state index is 12.0. The van der Waals surface area contributed by atoms with Gasteiger partial charge in [-0.25, -0.2) is 0 Å². The van der Waals surface area contributed by atoms with Crippen LogP contribution >= 0.6 is 11.6 Å². The summed E-state index contributed by atoms with van der Waals surface area (Å²) in [5, 5.41) is 0.528. The van der Waals surface area contributed by atoms with Crippen molar-refractivity contribution in [3.63, 3.8) is 0 Å². The van der Waals surface area contributed by atoms with Gasteiger partial charge in [-0.3, -0.25) is 9.59 Å². The summed E-state index contributed by atoms with van der Waals surface area (Å²) in [6.07, 6.45) is 1.35. The second-order valence-electron chi connectivity index (χ2n) is 3.98. The van der Waals surface area contributed by atoms with Gasteiger partial charge in [0.2, 0.25) is 0 Å². The minimum absolute atomic E-state index is 0.0347. The number of benzene rings is 1. The molecule has 1 aliphatic carbocycles. The van der Waals surface area contributed by atoms with Crippen LogP contribution in [0.25, 0.3) is 0 Å². The van der Waals surface area contributed by atoms with Crippen LogP contribution < -0.4 is 0 Å². The van der Waals surface area contributed by atoms with E-state index in [0.717, 1.165) is 0 Å². The molecule has 2 rings (SSSR count). The van der Waals surface area contributed by atoms with Gasteiger partial charge in [0.25, 0.3) is 0 Å². The third-order valence-electron chi connectivity index (χ3n) is 2.95. The molecule has 1 aromatic carbocycles. The van der Waals surface area contributed by atoms with Crippen LogP contribution in [0.3, 0.4) is 0 Å². The van der Waals surface area contributed by atoms with Crippen LogP contribution in [-0.2, 0) is 4.79 Å². The molecule has 3 heteroatoms. The predicted octanol–water partition coefficient (Wildman–Crippen LogP) is 2.89. The molecule has 0 N–H and O–H groups in total. The molecular formula is C12H11ClO2. The Morgan fingerprint density at radius 3 is 2.47 bits per heavy atom. The highest BCUT2D eigenvalue weighted by Gasteiger charge is 2.53. The number of hydrogen-bond acceptors (Lipinski definition) is 2. The van der Waals surface area contributed by atoms with Gasteiger partial charge in [-0.05, 0) is 31.9 Å². The molecular weight excluding hydrogens is 212 g/mol. The molecule has 1 aromatic rings. The first-order chi connectivity index (χ1) is 7.06. The molecule has 0 atom stereocenters. The van der Waals surface area contributed by atoms with Crippen molar-refractivity contribution in [2.24, 2.45) is 5.41 Å². The number of ketones is 2. The monoisotopic (exact) mass is 222 g/mol. The van der Waals surface area contributed by atoms with Crippen molar-refractivity contribution < 1.29 is 9.59 Å². The average Bonchev–Trinajstić information content (AvgIpc) is 2.97. The summed E-state index contributed by atoms with van der Waals surface area (Å²) < 4.78 is 0. The molecule has 1 fully saturated rings. The van der Waals surface area contributed by atoms with Gasteiger partial charge in [-0.2, -0.15) is 0 Å². The van der Waals surface area contributed by atoms with Gasteiger partial charge >= 0.3 is 0 Å². The van der Waals surface area contributed by atoms with Crippen LogP contribution in [0, 0.1) is 5.41 Å². The van der Waals surface area contributed by atoms with Gasteiger partial charge in [0, 0.05) is 10.6 Å². The van der Waals surface area contributed by atoms with Crippen molar-refractivity contribution in [3.8, 4) is 0 Å². The first kappa shape index (κ1) is 10.4. The zero-order valence-electron chi connectivity index (χ0n) is 8.42. The maximum absolute atomic E-state index is 12.0. The largest absolute Gasteiger partial charge is 0.299 e. The molecule has 1 aliphatic rings. The highest BCUT2D eigenvalue weighted by molar-refractivity contribution is 6.31. The second-order valence-corrected chi connectivity index (χ2v) is 4.41. The molecule has 0 aliphatic heterocycles. The van der Waals surface area contributed by atoms with Crippen LogP contribution in [0.1, 0.15) is 30.1 Å². The Hall–Kier alpha value is -1.15. The van der Waals surface area contributed by atoms with Crippen LogP contribution in [-0.4, -0.2) is 11.6 Å². The number of rotatable bonds is 3. The van der Waals surface area contributed by atoms with E-state index >= 15 is 0 Å². The van der Waals surface area contributed by atoms with E-state index in [-0.39, 0.29) is 11.6 Å². The van der Waals surface area contributed by atoms with E-state index in [1.54, 1.807) is 24.3 Å². The summed E-state index contributed by atoms with van der Waals surface area (Å²) in [5.74, 6) is -0.120. The Morgan fingerprint density at radius 2 is 2.00 bits per heavy atom. The Labute approximate surface area is 93.2 Å². The lowest BCUT2D eigenvalue weighted by Crippen LogP contribution is -2.23. The van der Waals surface area contributed by atoms with Gasteiger partial charge in [0.15, 0.2) is 5.78 Å². The fourth-order valence-electron chi connectivity index (χ4n) is 1.77. The molecule has 78 valence electrons. The van der Waals surface area contributed by atoms with E-state index in [4.69, 9.17) is 11.6 Å². The smallest absolute Gasteiger partial charge is 0.176 e. The van der Waals surface area contributed by atoms with E-state index in [1.165, 1.54) is 6.92 Å². The topological polar surface area (TPSA) is 34.1 Å². The van der Waals surface area contributed by atoms with E-state index in [0.29, 0.717) is 23.4 Å². The zero-order valence-corrected chi connectivity index (χ0v) is 9.17. The van der Waals surface area contributed by atoms with E-state index < -0.39 is 5.41 Å². The summed E-state index contributed by atoms with van der Waals surface area (Å²) in [6.45, 7) is 1.48. The lowest BCUT2D eigenvalue weighted by molar-refractivity contribution is -0.120. The standard InChI is InChI=1S/C12H11ClO2/c1-8(14)12(5-6-12)11(15)9-3-2-4-10(13)7-9/h2-4,7H,5-6H2,1H3. The number of carbonyl (C=O) groups is 2. The normalized spacial score (nSPS) is 17.2. The second kappa shape index (κ2) is 3.46. The number of hydrogen-bond donors (Lipinski definition) is 0. The third-order valence-corrected chi connectivity index (χ3v) is 3.18. The molecule has 15 heavy (non-hydrogen) atoms. The quantitative estimate of drug-likeness (QED) is 0.582. The molecule has 0 amide bonds. The van der Waals surface area contributed by atoms with Gasteiger partial charge < -0.3 is 0 Å². The number of halogens is 1. The van der Waals surface area contributed by atoms with Crippen molar-refractivity contribution in [3.05, 3.63) is 34.9 Å². The lowest BCUT2D eigenvalue weighted by atomic mass is 9.91. The summed E-state index contributed by atoms with van der Waals surface area (Å²) >= 11 is 5.80. The van der Waals surface area contributed by atoms with E-state index in [1.807, 2.05) is 0 Å². The maximum Gasteiger partial charge on any atom is 0.176 e. The van der Waals surface area contributed by atoms with Crippen molar-refractivity contribution in [1.29, 1.82) is 0 Å². The third kappa shape index (κ3) is 1.70. The fraction of sp³-hybridized carbons (Fsp3) is 0.333. The summed E-state index contributed by atoms with van der Waals surface area (Å²) in [5.41, 5.74) is -0.194.